The number of nitrogens with zero attached hydrogens (tertiary/aromatic N) is 2. The molecule has 0 spiro atoms. The van der Waals surface area contributed by atoms with E-state index in [1.807, 2.05) is 11.8 Å². The predicted octanol–water partition coefficient (Wildman–Crippen LogP) is 2.74. The van der Waals surface area contributed by atoms with Gasteiger partial charge in [0.25, 0.3) is 5.91 Å². The van der Waals surface area contributed by atoms with Crippen LogP contribution < -0.4 is 4.74 Å². The van der Waals surface area contributed by atoms with Crippen molar-refractivity contribution >= 4 is 23.4 Å². The zero-order valence-corrected chi connectivity index (χ0v) is 14.9. The number of methoxy groups -OCH3 is 1. The van der Waals surface area contributed by atoms with Crippen molar-refractivity contribution in [2.45, 2.75) is 26.2 Å². The van der Waals surface area contributed by atoms with E-state index in [0.29, 0.717) is 36.0 Å². The van der Waals surface area contributed by atoms with Crippen LogP contribution in [0.15, 0.2) is 12.1 Å². The standard InChI is InChI=1S/C18H23ClN2O3/c1-12-10-16(24-2)14(11-15(12)19)18(23)21-7-3-6-20(8-9-21)17(22)13-4-5-13/h10-11,13H,3-9H2,1-2H3. The number of rotatable bonds is 3. The number of amides is 2. The van der Waals surface area contributed by atoms with Crippen LogP contribution in [0.5, 0.6) is 5.75 Å². The highest BCUT2D eigenvalue weighted by atomic mass is 35.5. The summed E-state index contributed by atoms with van der Waals surface area (Å²) in [7, 11) is 1.55. The molecule has 0 bridgehead atoms. The Morgan fingerprint density at radius 3 is 2.46 bits per heavy atom. The molecule has 1 aliphatic carbocycles. The summed E-state index contributed by atoms with van der Waals surface area (Å²) in [6.45, 7) is 4.40. The number of hydrogen-bond donors (Lipinski definition) is 0. The van der Waals surface area contributed by atoms with Gasteiger partial charge in [-0.1, -0.05) is 11.6 Å². The summed E-state index contributed by atoms with van der Waals surface area (Å²) >= 11 is 6.19. The molecule has 0 N–H and O–H groups in total. The van der Waals surface area contributed by atoms with Crippen LogP contribution in [0.4, 0.5) is 0 Å². The fourth-order valence-corrected chi connectivity index (χ4v) is 3.25. The molecule has 0 unspecified atom stereocenters. The number of halogens is 1. The molecule has 24 heavy (non-hydrogen) atoms. The van der Waals surface area contributed by atoms with E-state index in [4.69, 9.17) is 16.3 Å². The summed E-state index contributed by atoms with van der Waals surface area (Å²) in [5.74, 6) is 0.926. The van der Waals surface area contributed by atoms with Gasteiger partial charge in [-0.05, 0) is 43.9 Å². The Labute approximate surface area is 147 Å². The first-order valence-corrected chi connectivity index (χ1v) is 8.81. The summed E-state index contributed by atoms with van der Waals surface area (Å²) in [5.41, 5.74) is 1.36. The Morgan fingerprint density at radius 1 is 1.12 bits per heavy atom. The van der Waals surface area contributed by atoms with Crippen LogP contribution in [0, 0.1) is 12.8 Å². The summed E-state index contributed by atoms with van der Waals surface area (Å²) in [6, 6.07) is 3.46. The second-order valence-corrected chi connectivity index (χ2v) is 6.95. The Bertz CT molecular complexity index is 658. The summed E-state index contributed by atoms with van der Waals surface area (Å²) in [4.78, 5) is 28.8. The maximum absolute atomic E-state index is 12.9. The number of aryl methyl sites for hydroxylation is 1. The molecule has 1 aromatic carbocycles. The molecule has 1 saturated heterocycles. The van der Waals surface area contributed by atoms with Crippen LogP contribution in [0.3, 0.4) is 0 Å². The lowest BCUT2D eigenvalue weighted by Crippen LogP contribution is -2.38. The summed E-state index contributed by atoms with van der Waals surface area (Å²) in [5, 5.41) is 0.555. The van der Waals surface area contributed by atoms with Crippen LogP contribution in [-0.2, 0) is 4.79 Å². The maximum Gasteiger partial charge on any atom is 0.257 e. The van der Waals surface area contributed by atoms with Crippen LogP contribution in [0.1, 0.15) is 35.2 Å². The second kappa shape index (κ2) is 7.01. The largest absolute Gasteiger partial charge is 0.496 e. The van der Waals surface area contributed by atoms with Gasteiger partial charge in [0.1, 0.15) is 5.75 Å². The molecule has 130 valence electrons. The lowest BCUT2D eigenvalue weighted by atomic mass is 10.1. The first-order chi connectivity index (χ1) is 11.5. The van der Waals surface area contributed by atoms with Crippen molar-refractivity contribution in [2.24, 2.45) is 5.92 Å². The molecule has 2 fully saturated rings. The third-order valence-corrected chi connectivity index (χ3v) is 5.14. The minimum Gasteiger partial charge on any atom is -0.496 e. The first kappa shape index (κ1) is 17.1. The highest BCUT2D eigenvalue weighted by Gasteiger charge is 2.34. The van der Waals surface area contributed by atoms with Crippen LogP contribution in [-0.4, -0.2) is 54.9 Å². The van der Waals surface area contributed by atoms with Gasteiger partial charge in [0.2, 0.25) is 5.91 Å². The van der Waals surface area contributed by atoms with E-state index >= 15 is 0 Å². The van der Waals surface area contributed by atoms with Gasteiger partial charge >= 0.3 is 0 Å². The van der Waals surface area contributed by atoms with Crippen molar-refractivity contribution in [3.05, 3.63) is 28.3 Å². The van der Waals surface area contributed by atoms with Crippen molar-refractivity contribution in [1.82, 2.24) is 9.80 Å². The SMILES string of the molecule is COc1cc(C)c(Cl)cc1C(=O)N1CCCN(C(=O)C2CC2)CC1. The number of benzene rings is 1. The molecule has 6 heteroatoms. The summed E-state index contributed by atoms with van der Waals surface area (Å²) in [6.07, 6.45) is 2.82. The van der Waals surface area contributed by atoms with E-state index in [-0.39, 0.29) is 17.7 Å². The van der Waals surface area contributed by atoms with Gasteiger partial charge < -0.3 is 14.5 Å². The quantitative estimate of drug-likeness (QED) is 0.842. The van der Waals surface area contributed by atoms with Crippen LogP contribution in [0.2, 0.25) is 5.02 Å². The highest BCUT2D eigenvalue weighted by Crippen LogP contribution is 2.31. The predicted molar refractivity (Wildman–Crippen MR) is 92.6 cm³/mol. The molecular formula is C18H23ClN2O3. The van der Waals surface area contributed by atoms with E-state index in [2.05, 4.69) is 0 Å². The highest BCUT2D eigenvalue weighted by molar-refractivity contribution is 6.31. The molecule has 3 rings (SSSR count). The molecule has 0 atom stereocenters. The normalized spacial score (nSPS) is 18.3. The van der Waals surface area contributed by atoms with E-state index < -0.39 is 0 Å². The Hall–Kier alpha value is -1.75. The zero-order valence-electron chi connectivity index (χ0n) is 14.2. The average Bonchev–Trinajstić information content (AvgIpc) is 3.42. The molecule has 0 aromatic heterocycles. The van der Waals surface area contributed by atoms with Gasteiger partial charge in [-0.2, -0.15) is 0 Å². The smallest absolute Gasteiger partial charge is 0.257 e. The zero-order chi connectivity index (χ0) is 17.3. The lowest BCUT2D eigenvalue weighted by molar-refractivity contribution is -0.132. The molecule has 1 aromatic rings. The van der Waals surface area contributed by atoms with E-state index in [9.17, 15) is 9.59 Å². The Balaban J connectivity index is 1.73. The van der Waals surface area contributed by atoms with Crippen molar-refractivity contribution in [3.63, 3.8) is 0 Å². The first-order valence-electron chi connectivity index (χ1n) is 8.43. The van der Waals surface area contributed by atoms with Gasteiger partial charge in [0.15, 0.2) is 0 Å². The molecule has 1 saturated carbocycles. The van der Waals surface area contributed by atoms with Crippen molar-refractivity contribution < 1.29 is 14.3 Å². The lowest BCUT2D eigenvalue weighted by Gasteiger charge is -2.23. The number of ether oxygens (including phenoxy) is 1. The van der Waals surface area contributed by atoms with Gasteiger partial charge in [-0.3, -0.25) is 9.59 Å². The molecule has 5 nitrogen and oxygen atoms in total. The molecular weight excluding hydrogens is 328 g/mol. The van der Waals surface area contributed by atoms with E-state index in [0.717, 1.165) is 31.4 Å². The van der Waals surface area contributed by atoms with Gasteiger partial charge in [-0.15, -0.1) is 0 Å². The van der Waals surface area contributed by atoms with Crippen molar-refractivity contribution in [3.8, 4) is 5.75 Å². The fraction of sp³-hybridized carbons (Fsp3) is 0.556. The molecule has 0 radical (unpaired) electrons. The number of carbonyl (C=O) groups is 2. The molecule has 2 amide bonds. The fourth-order valence-electron chi connectivity index (χ4n) is 3.09. The minimum atomic E-state index is -0.0885. The number of carbonyl (C=O) groups excluding carboxylic acids is 2. The topological polar surface area (TPSA) is 49.9 Å². The summed E-state index contributed by atoms with van der Waals surface area (Å²) < 4.78 is 5.35. The third-order valence-electron chi connectivity index (χ3n) is 4.73. The third kappa shape index (κ3) is 3.51. The Morgan fingerprint density at radius 2 is 1.79 bits per heavy atom. The van der Waals surface area contributed by atoms with Crippen LogP contribution >= 0.6 is 11.6 Å². The second-order valence-electron chi connectivity index (χ2n) is 6.55. The van der Waals surface area contributed by atoms with Gasteiger partial charge in [-0.25, -0.2) is 0 Å². The van der Waals surface area contributed by atoms with E-state index in [1.54, 1.807) is 24.1 Å². The van der Waals surface area contributed by atoms with Crippen LogP contribution in [0.25, 0.3) is 0 Å². The average molecular weight is 351 g/mol. The van der Waals surface area contributed by atoms with Crippen molar-refractivity contribution in [1.29, 1.82) is 0 Å². The van der Waals surface area contributed by atoms with Crippen molar-refractivity contribution in [2.75, 3.05) is 33.3 Å². The molecule has 2 aliphatic rings. The monoisotopic (exact) mass is 350 g/mol. The van der Waals surface area contributed by atoms with Gasteiger partial charge in [0, 0.05) is 37.1 Å². The van der Waals surface area contributed by atoms with Gasteiger partial charge in [0.05, 0.1) is 12.7 Å². The molecule has 1 heterocycles. The molecule has 1 aliphatic heterocycles. The minimum absolute atomic E-state index is 0.0885. The van der Waals surface area contributed by atoms with E-state index in [1.165, 1.54) is 0 Å². The number of hydrogen-bond acceptors (Lipinski definition) is 3. The maximum atomic E-state index is 12.9. The Kier molecular flexibility index (Phi) is 4.99.